The highest BCUT2D eigenvalue weighted by molar-refractivity contribution is 5.88. The molecule has 1 aromatic rings. The van der Waals surface area contributed by atoms with Crippen LogP contribution in [0.3, 0.4) is 0 Å². The Balaban J connectivity index is 1.97. The Hall–Kier alpha value is -2.61. The maximum Gasteiger partial charge on any atom is 0.326 e. The normalized spacial score (nSPS) is 16.9. The van der Waals surface area contributed by atoms with Crippen LogP contribution in [0.2, 0.25) is 0 Å². The molecule has 1 aromatic carbocycles. The van der Waals surface area contributed by atoms with Crippen molar-refractivity contribution in [3.05, 3.63) is 35.9 Å². The van der Waals surface area contributed by atoms with Crippen molar-refractivity contribution in [2.24, 2.45) is 11.7 Å². The van der Waals surface area contributed by atoms with Gasteiger partial charge in [-0.15, -0.1) is 0 Å². The Morgan fingerprint density at radius 1 is 1.03 bits per heavy atom. The molecular formula is C25H40N4O4. The Bertz CT molecular complexity index is 737. The second-order valence-corrected chi connectivity index (χ2v) is 9.14. The van der Waals surface area contributed by atoms with Crippen molar-refractivity contribution in [3.63, 3.8) is 0 Å². The first-order valence-electron chi connectivity index (χ1n) is 12.2. The quantitative estimate of drug-likeness (QED) is 0.288. The molecule has 1 aliphatic carbocycles. The molecule has 8 nitrogen and oxygen atoms in total. The molecule has 1 aliphatic rings. The van der Waals surface area contributed by atoms with Gasteiger partial charge in [0.1, 0.15) is 12.1 Å². The van der Waals surface area contributed by atoms with Crippen LogP contribution in [0.1, 0.15) is 76.2 Å². The summed E-state index contributed by atoms with van der Waals surface area (Å²) in [5.41, 5.74) is 6.61. The first-order valence-corrected chi connectivity index (χ1v) is 12.2. The molecular weight excluding hydrogens is 420 g/mol. The number of unbranched alkanes of at least 4 members (excludes halogenated alkanes) is 1. The Kier molecular flexibility index (Phi) is 11.7. The molecule has 0 heterocycles. The molecule has 2 rings (SSSR count). The van der Waals surface area contributed by atoms with Gasteiger partial charge in [0.15, 0.2) is 0 Å². The van der Waals surface area contributed by atoms with E-state index in [4.69, 9.17) is 5.73 Å². The minimum Gasteiger partial charge on any atom is -0.480 e. The molecule has 0 spiro atoms. The summed E-state index contributed by atoms with van der Waals surface area (Å²) in [6, 6.07) is 7.62. The number of urea groups is 1. The Morgan fingerprint density at radius 3 is 2.33 bits per heavy atom. The number of benzene rings is 1. The highest BCUT2D eigenvalue weighted by Crippen LogP contribution is 2.27. The molecule has 1 fully saturated rings. The number of nitrogens with two attached hydrogens (primary N) is 1. The van der Waals surface area contributed by atoms with E-state index in [1.807, 2.05) is 37.3 Å². The molecule has 3 amide bonds. The van der Waals surface area contributed by atoms with E-state index in [0.717, 1.165) is 31.2 Å². The summed E-state index contributed by atoms with van der Waals surface area (Å²) in [5, 5.41) is 17.7. The average Bonchev–Trinajstić information content (AvgIpc) is 2.82. The van der Waals surface area contributed by atoms with Gasteiger partial charge in [-0.2, -0.15) is 0 Å². The minimum absolute atomic E-state index is 0.137. The SMILES string of the molecule is C[C@@H](CNC(=O)C(CC1CCCCC1)NC(=O)N[C@@H](CCCCN)C(=O)O)c1ccccc1. The summed E-state index contributed by atoms with van der Waals surface area (Å²) < 4.78 is 0. The van der Waals surface area contributed by atoms with Crippen LogP contribution in [-0.2, 0) is 9.59 Å². The van der Waals surface area contributed by atoms with Crippen LogP contribution in [0.5, 0.6) is 0 Å². The lowest BCUT2D eigenvalue weighted by Crippen LogP contribution is -2.54. The van der Waals surface area contributed by atoms with E-state index in [9.17, 15) is 19.5 Å². The summed E-state index contributed by atoms with van der Waals surface area (Å²) in [5.74, 6) is -0.805. The van der Waals surface area contributed by atoms with Gasteiger partial charge in [0.2, 0.25) is 5.91 Å². The van der Waals surface area contributed by atoms with Crippen molar-refractivity contribution >= 4 is 17.9 Å². The van der Waals surface area contributed by atoms with Crippen LogP contribution in [0.25, 0.3) is 0 Å². The number of amides is 3. The van der Waals surface area contributed by atoms with Crippen molar-refractivity contribution in [1.82, 2.24) is 16.0 Å². The van der Waals surface area contributed by atoms with Crippen molar-refractivity contribution in [3.8, 4) is 0 Å². The third-order valence-corrected chi connectivity index (χ3v) is 6.42. The first kappa shape index (κ1) is 26.6. The van der Waals surface area contributed by atoms with E-state index < -0.39 is 24.1 Å². The molecule has 0 saturated heterocycles. The van der Waals surface area contributed by atoms with Crippen LogP contribution in [0.4, 0.5) is 4.79 Å². The topological polar surface area (TPSA) is 134 Å². The maximum atomic E-state index is 13.0. The molecule has 1 unspecified atom stereocenters. The summed E-state index contributed by atoms with van der Waals surface area (Å²) >= 11 is 0. The number of carbonyl (C=O) groups is 3. The van der Waals surface area contributed by atoms with Gasteiger partial charge in [0.05, 0.1) is 0 Å². The van der Waals surface area contributed by atoms with Crippen LogP contribution in [0.15, 0.2) is 30.3 Å². The van der Waals surface area contributed by atoms with Crippen molar-refractivity contribution < 1.29 is 19.5 Å². The summed E-state index contributed by atoms with van der Waals surface area (Å²) in [7, 11) is 0. The first-order chi connectivity index (χ1) is 15.9. The smallest absolute Gasteiger partial charge is 0.326 e. The number of aliphatic carboxylic acids is 1. The van der Waals surface area contributed by atoms with Gasteiger partial charge in [0, 0.05) is 6.54 Å². The third kappa shape index (κ3) is 9.82. The standard InChI is InChI=1S/C25H40N4O4/c1-18(20-12-6-3-7-13-20)17-27-23(30)22(16-19-10-4-2-5-11-19)29-25(33)28-21(24(31)32)14-8-9-15-26/h3,6-7,12-13,18-19,21-22H,2,4-5,8-11,14-17,26H2,1H3,(H,27,30)(H,31,32)(H2,28,29,33)/t18-,21-,22?/m0/s1. The molecule has 184 valence electrons. The highest BCUT2D eigenvalue weighted by Gasteiger charge is 2.28. The molecule has 3 atom stereocenters. The molecule has 0 radical (unpaired) electrons. The molecule has 0 bridgehead atoms. The van der Waals surface area contributed by atoms with E-state index in [1.165, 1.54) is 6.42 Å². The molecule has 0 aromatic heterocycles. The lowest BCUT2D eigenvalue weighted by Gasteiger charge is -2.27. The summed E-state index contributed by atoms with van der Waals surface area (Å²) in [4.78, 5) is 37.2. The fourth-order valence-corrected chi connectivity index (χ4v) is 4.37. The van der Waals surface area contributed by atoms with Crippen LogP contribution in [-0.4, -0.2) is 48.2 Å². The zero-order valence-electron chi connectivity index (χ0n) is 19.7. The number of carboxylic acid groups (broad SMARTS) is 1. The number of carbonyl (C=O) groups excluding carboxylic acids is 2. The minimum atomic E-state index is -1.09. The molecule has 8 heteroatoms. The zero-order valence-corrected chi connectivity index (χ0v) is 19.7. The molecule has 0 aliphatic heterocycles. The van der Waals surface area contributed by atoms with E-state index in [1.54, 1.807) is 0 Å². The molecule has 1 saturated carbocycles. The van der Waals surface area contributed by atoms with Crippen LogP contribution >= 0.6 is 0 Å². The average molecular weight is 461 g/mol. The van der Waals surface area contributed by atoms with Crippen LogP contribution in [0, 0.1) is 5.92 Å². The number of carboxylic acids is 1. The molecule has 33 heavy (non-hydrogen) atoms. The van der Waals surface area contributed by atoms with E-state index in [-0.39, 0.29) is 11.8 Å². The Labute approximate surface area is 197 Å². The van der Waals surface area contributed by atoms with Gasteiger partial charge in [0.25, 0.3) is 0 Å². The fraction of sp³-hybridized carbons (Fsp3) is 0.640. The predicted molar refractivity (Wildman–Crippen MR) is 129 cm³/mol. The van der Waals surface area contributed by atoms with Gasteiger partial charge >= 0.3 is 12.0 Å². The highest BCUT2D eigenvalue weighted by atomic mass is 16.4. The van der Waals surface area contributed by atoms with Crippen molar-refractivity contribution in [2.45, 2.75) is 82.7 Å². The van der Waals surface area contributed by atoms with E-state index in [0.29, 0.717) is 44.7 Å². The lowest BCUT2D eigenvalue weighted by molar-refractivity contribution is -0.139. The summed E-state index contributed by atoms with van der Waals surface area (Å²) in [6.07, 6.45) is 7.74. The lowest BCUT2D eigenvalue weighted by atomic mass is 9.84. The third-order valence-electron chi connectivity index (χ3n) is 6.42. The largest absolute Gasteiger partial charge is 0.480 e. The van der Waals surface area contributed by atoms with Gasteiger partial charge in [-0.25, -0.2) is 9.59 Å². The van der Waals surface area contributed by atoms with Gasteiger partial charge in [-0.05, 0) is 49.6 Å². The summed E-state index contributed by atoms with van der Waals surface area (Å²) in [6.45, 7) is 2.98. The van der Waals surface area contributed by atoms with Crippen LogP contribution < -0.4 is 21.7 Å². The second-order valence-electron chi connectivity index (χ2n) is 9.14. The second kappa shape index (κ2) is 14.5. The van der Waals surface area contributed by atoms with Gasteiger partial charge in [-0.1, -0.05) is 69.4 Å². The number of hydrogen-bond acceptors (Lipinski definition) is 4. The monoisotopic (exact) mass is 460 g/mol. The van der Waals surface area contributed by atoms with E-state index >= 15 is 0 Å². The maximum absolute atomic E-state index is 13.0. The number of nitrogens with one attached hydrogen (secondary N) is 3. The van der Waals surface area contributed by atoms with Crippen molar-refractivity contribution in [1.29, 1.82) is 0 Å². The molecule has 6 N–H and O–H groups in total. The number of hydrogen-bond donors (Lipinski definition) is 5. The van der Waals surface area contributed by atoms with Gasteiger partial charge < -0.3 is 26.8 Å². The Morgan fingerprint density at radius 2 is 1.70 bits per heavy atom. The number of rotatable bonds is 13. The predicted octanol–water partition coefficient (Wildman–Crippen LogP) is 3.13. The van der Waals surface area contributed by atoms with Gasteiger partial charge in [-0.3, -0.25) is 4.79 Å². The zero-order chi connectivity index (χ0) is 24.1. The van der Waals surface area contributed by atoms with E-state index in [2.05, 4.69) is 16.0 Å². The van der Waals surface area contributed by atoms with Crippen molar-refractivity contribution in [2.75, 3.05) is 13.1 Å². The fourth-order valence-electron chi connectivity index (χ4n) is 4.37.